The predicted molar refractivity (Wildman–Crippen MR) is 97.5 cm³/mol. The average Bonchev–Trinajstić information content (AvgIpc) is 2.61. The first-order chi connectivity index (χ1) is 12.0. The molecule has 1 aliphatic rings. The number of unbranched alkanes of at least 4 members (excludes halogenated alkanes) is 2. The fourth-order valence-electron chi connectivity index (χ4n) is 3.30. The highest BCUT2D eigenvalue weighted by molar-refractivity contribution is 5.83. The number of aryl methyl sites for hydroxylation is 2. The van der Waals surface area contributed by atoms with Gasteiger partial charge in [-0.3, -0.25) is 9.59 Å². The van der Waals surface area contributed by atoms with E-state index < -0.39 is 5.92 Å². The van der Waals surface area contributed by atoms with Crippen LogP contribution in [0.15, 0.2) is 18.2 Å². The second-order valence-corrected chi connectivity index (χ2v) is 7.04. The molecule has 0 N–H and O–H groups in total. The summed E-state index contributed by atoms with van der Waals surface area (Å²) >= 11 is 0. The van der Waals surface area contributed by atoms with Crippen LogP contribution < -0.4 is 4.74 Å². The molecule has 25 heavy (non-hydrogen) atoms. The van der Waals surface area contributed by atoms with Crippen LogP contribution >= 0.6 is 0 Å². The minimum absolute atomic E-state index is 0.238. The van der Waals surface area contributed by atoms with Crippen molar-refractivity contribution in [3.8, 4) is 5.75 Å². The van der Waals surface area contributed by atoms with Crippen LogP contribution in [0.2, 0.25) is 0 Å². The maximum Gasteiger partial charge on any atom is 0.315 e. The molecule has 0 radical (unpaired) electrons. The van der Waals surface area contributed by atoms with Gasteiger partial charge in [-0.15, -0.1) is 0 Å². The van der Waals surface area contributed by atoms with Crippen LogP contribution in [0.1, 0.15) is 63.0 Å². The van der Waals surface area contributed by atoms with Crippen molar-refractivity contribution in [1.29, 1.82) is 0 Å². The molecule has 0 saturated heterocycles. The Morgan fingerprint density at radius 2 is 1.68 bits per heavy atom. The van der Waals surface area contributed by atoms with Crippen LogP contribution in [0.5, 0.6) is 5.75 Å². The lowest BCUT2D eigenvalue weighted by atomic mass is 9.79. The number of hydrogen-bond donors (Lipinski definition) is 0. The maximum absolute atomic E-state index is 12.6. The molecule has 2 atom stereocenters. The zero-order valence-electron chi connectivity index (χ0n) is 15.7. The zero-order valence-corrected chi connectivity index (χ0v) is 15.7. The third-order valence-electron chi connectivity index (χ3n) is 5.06. The Balaban J connectivity index is 1.97. The first-order valence-corrected chi connectivity index (χ1v) is 9.48. The van der Waals surface area contributed by atoms with E-state index in [2.05, 4.69) is 6.92 Å². The van der Waals surface area contributed by atoms with Crippen LogP contribution in [0.25, 0.3) is 0 Å². The lowest BCUT2D eigenvalue weighted by molar-refractivity contribution is -0.158. The van der Waals surface area contributed by atoms with Crippen LogP contribution in [-0.2, 0) is 14.3 Å². The molecular weight excluding hydrogens is 316 g/mol. The lowest BCUT2D eigenvalue weighted by Crippen LogP contribution is -2.36. The highest BCUT2D eigenvalue weighted by Crippen LogP contribution is 2.32. The van der Waals surface area contributed by atoms with E-state index >= 15 is 0 Å². The summed E-state index contributed by atoms with van der Waals surface area (Å²) in [6.07, 6.45) is 6.33. The third-order valence-corrected chi connectivity index (χ3v) is 5.06. The molecule has 2 unspecified atom stereocenters. The Morgan fingerprint density at radius 3 is 2.32 bits per heavy atom. The summed E-state index contributed by atoms with van der Waals surface area (Å²) in [7, 11) is 0. The number of benzene rings is 1. The Bertz CT molecular complexity index is 594. The highest BCUT2D eigenvalue weighted by Gasteiger charge is 2.38. The smallest absolute Gasteiger partial charge is 0.315 e. The van der Waals surface area contributed by atoms with E-state index in [1.807, 2.05) is 26.0 Å². The number of esters is 2. The molecule has 0 bridgehead atoms. The van der Waals surface area contributed by atoms with Crippen molar-refractivity contribution in [1.82, 2.24) is 0 Å². The van der Waals surface area contributed by atoms with Crippen LogP contribution in [0, 0.1) is 25.7 Å². The van der Waals surface area contributed by atoms with Crippen LogP contribution in [0.3, 0.4) is 0 Å². The summed E-state index contributed by atoms with van der Waals surface area (Å²) < 4.78 is 11.0. The number of carbonyl (C=O) groups excluding carboxylic acids is 2. The molecule has 1 aliphatic carbocycles. The monoisotopic (exact) mass is 346 g/mol. The van der Waals surface area contributed by atoms with Crippen molar-refractivity contribution in [3.63, 3.8) is 0 Å². The van der Waals surface area contributed by atoms with Crippen molar-refractivity contribution in [3.05, 3.63) is 29.3 Å². The summed E-state index contributed by atoms with van der Waals surface area (Å²) in [5, 5.41) is 0. The molecule has 4 heteroatoms. The number of hydrogen-bond acceptors (Lipinski definition) is 4. The van der Waals surface area contributed by atoms with Gasteiger partial charge in [0.25, 0.3) is 0 Å². The van der Waals surface area contributed by atoms with Crippen molar-refractivity contribution >= 4 is 11.9 Å². The van der Waals surface area contributed by atoms with E-state index in [1.54, 1.807) is 6.07 Å². The van der Waals surface area contributed by atoms with Gasteiger partial charge in [0.15, 0.2) is 0 Å². The Morgan fingerprint density at radius 1 is 1.00 bits per heavy atom. The first-order valence-electron chi connectivity index (χ1n) is 9.48. The molecule has 0 aromatic heterocycles. The predicted octanol–water partition coefficient (Wildman–Crippen LogP) is 4.75. The van der Waals surface area contributed by atoms with E-state index in [-0.39, 0.29) is 17.9 Å². The lowest BCUT2D eigenvalue weighted by Gasteiger charge is -2.28. The quantitative estimate of drug-likeness (QED) is 0.406. The van der Waals surface area contributed by atoms with Crippen molar-refractivity contribution in [2.45, 2.75) is 65.7 Å². The van der Waals surface area contributed by atoms with E-state index in [0.717, 1.165) is 43.2 Å². The molecule has 1 saturated carbocycles. The minimum atomic E-state index is -0.394. The second kappa shape index (κ2) is 9.59. The van der Waals surface area contributed by atoms with Crippen molar-refractivity contribution in [2.75, 3.05) is 6.61 Å². The number of carbonyl (C=O) groups is 2. The molecule has 0 spiro atoms. The molecule has 0 aliphatic heterocycles. The second-order valence-electron chi connectivity index (χ2n) is 7.04. The van der Waals surface area contributed by atoms with Gasteiger partial charge in [0.1, 0.15) is 5.75 Å². The van der Waals surface area contributed by atoms with Crippen molar-refractivity contribution < 1.29 is 19.1 Å². The Hall–Kier alpha value is -1.84. The van der Waals surface area contributed by atoms with E-state index in [1.165, 1.54) is 0 Å². The topological polar surface area (TPSA) is 52.6 Å². The van der Waals surface area contributed by atoms with Crippen LogP contribution in [0.4, 0.5) is 0 Å². The summed E-state index contributed by atoms with van der Waals surface area (Å²) in [5.74, 6) is -0.756. The summed E-state index contributed by atoms with van der Waals surface area (Å²) in [6.45, 7) is 6.57. The first kappa shape index (κ1) is 19.5. The largest absolute Gasteiger partial charge is 0.465 e. The molecule has 4 nitrogen and oxygen atoms in total. The summed E-state index contributed by atoms with van der Waals surface area (Å²) in [5.41, 5.74) is 2.24. The Kier molecular flexibility index (Phi) is 7.48. The third kappa shape index (κ3) is 5.58. The molecule has 2 rings (SSSR count). The summed E-state index contributed by atoms with van der Waals surface area (Å²) in [6, 6.07) is 5.62. The maximum atomic E-state index is 12.6. The van der Waals surface area contributed by atoms with Gasteiger partial charge in [-0.25, -0.2) is 0 Å². The van der Waals surface area contributed by atoms with Gasteiger partial charge in [0, 0.05) is 0 Å². The zero-order chi connectivity index (χ0) is 18.2. The summed E-state index contributed by atoms with van der Waals surface area (Å²) in [4.78, 5) is 25.0. The standard InChI is InChI=1S/C21H30O4/c1-4-5-8-13-24-20(22)18-9-6-7-10-19(18)21(23)25-17-12-11-15(2)16(3)14-17/h11-12,14,18-19H,4-10,13H2,1-3H3. The van der Waals surface area contributed by atoms with E-state index in [9.17, 15) is 9.59 Å². The number of rotatable bonds is 7. The minimum Gasteiger partial charge on any atom is -0.465 e. The molecule has 0 amide bonds. The fourth-order valence-corrected chi connectivity index (χ4v) is 3.30. The molecule has 1 aromatic carbocycles. The fraction of sp³-hybridized carbons (Fsp3) is 0.619. The van der Waals surface area contributed by atoms with Gasteiger partial charge >= 0.3 is 11.9 Å². The van der Waals surface area contributed by atoms with Gasteiger partial charge < -0.3 is 9.47 Å². The van der Waals surface area contributed by atoms with Gasteiger partial charge in [-0.1, -0.05) is 38.7 Å². The molecule has 1 aromatic rings. The molecule has 0 heterocycles. The van der Waals surface area contributed by atoms with Crippen LogP contribution in [-0.4, -0.2) is 18.5 Å². The SMILES string of the molecule is CCCCCOC(=O)C1CCCCC1C(=O)Oc1ccc(C)c(C)c1. The molecule has 1 fully saturated rings. The van der Waals surface area contributed by atoms with Gasteiger partial charge in [-0.05, 0) is 56.4 Å². The Labute approximate surface area is 150 Å². The van der Waals surface area contributed by atoms with Gasteiger partial charge in [0.05, 0.1) is 18.4 Å². The molecular formula is C21H30O4. The normalized spacial score (nSPS) is 20.1. The average molecular weight is 346 g/mol. The highest BCUT2D eigenvalue weighted by atomic mass is 16.5. The van der Waals surface area contributed by atoms with E-state index in [4.69, 9.17) is 9.47 Å². The molecule has 138 valence electrons. The van der Waals surface area contributed by atoms with E-state index in [0.29, 0.717) is 25.2 Å². The number of ether oxygens (including phenoxy) is 2. The van der Waals surface area contributed by atoms with Gasteiger partial charge in [0.2, 0.25) is 0 Å². The van der Waals surface area contributed by atoms with Gasteiger partial charge in [-0.2, -0.15) is 0 Å². The van der Waals surface area contributed by atoms with Crippen molar-refractivity contribution in [2.24, 2.45) is 11.8 Å².